The predicted molar refractivity (Wildman–Crippen MR) is 91.8 cm³/mol. The largest absolute Gasteiger partial charge is 0.573 e. The van der Waals surface area contributed by atoms with Crippen LogP contribution < -0.4 is 10.3 Å². The van der Waals surface area contributed by atoms with Gasteiger partial charge in [-0.15, -0.1) is 13.2 Å². The molecule has 0 saturated heterocycles. The maximum atomic E-state index is 13.1. The number of H-pyrrole nitrogens is 1. The van der Waals surface area contributed by atoms with Gasteiger partial charge in [-0.1, -0.05) is 0 Å². The number of nitrogens with one attached hydrogen (secondary N) is 1. The number of hydrogen-bond acceptors (Lipinski definition) is 3. The lowest BCUT2D eigenvalue weighted by Crippen LogP contribution is -2.16. The third kappa shape index (κ3) is 4.43. The molecule has 0 atom stereocenters. The number of aryl methyl sites for hydroxylation is 1. The molecule has 0 spiro atoms. The van der Waals surface area contributed by atoms with E-state index < -0.39 is 12.2 Å². The summed E-state index contributed by atoms with van der Waals surface area (Å²) in [6.45, 7) is 0. The van der Waals surface area contributed by atoms with Crippen LogP contribution in [0, 0.1) is 5.82 Å². The first-order chi connectivity index (χ1) is 12.7. The first kappa shape index (κ1) is 18.4. The van der Waals surface area contributed by atoms with Gasteiger partial charge in [-0.05, 0) is 48.5 Å². The molecule has 9 heteroatoms. The van der Waals surface area contributed by atoms with Gasteiger partial charge in [0.05, 0.1) is 16.9 Å². The highest BCUT2D eigenvalue weighted by atomic mass is 19.4. The minimum absolute atomic E-state index is 0.236. The van der Waals surface area contributed by atoms with Crippen LogP contribution in [0.2, 0.25) is 0 Å². The molecule has 3 aromatic rings. The molecular formula is C18H13F4N3O2. The monoisotopic (exact) mass is 379 g/mol. The predicted octanol–water partition coefficient (Wildman–Crippen LogP) is 4.17. The molecule has 140 valence electrons. The van der Waals surface area contributed by atoms with Crippen molar-refractivity contribution in [1.29, 1.82) is 0 Å². The van der Waals surface area contributed by atoms with E-state index in [-0.39, 0.29) is 16.9 Å². The van der Waals surface area contributed by atoms with Crippen LogP contribution in [-0.4, -0.2) is 22.4 Å². The summed E-state index contributed by atoms with van der Waals surface area (Å²) in [5.74, 6) is -0.778. The minimum Gasteiger partial charge on any atom is -0.406 e. The molecular weight excluding hydrogens is 366 g/mol. The van der Waals surface area contributed by atoms with Crippen LogP contribution in [0.1, 0.15) is 5.56 Å². The molecule has 2 aromatic carbocycles. The van der Waals surface area contributed by atoms with E-state index in [1.807, 2.05) is 0 Å². The standard InChI is InChI=1S/C18H13F4N3O2/c1-25-17(26)15(16(24-25)11-2-4-12(19)5-3-11)10-23-13-6-8-14(9-7-13)27-18(20,21)22/h2-10,24H,1H3. The normalized spacial score (nSPS) is 11.9. The summed E-state index contributed by atoms with van der Waals surface area (Å²) in [7, 11) is 1.52. The number of benzene rings is 2. The molecule has 1 heterocycles. The molecule has 0 unspecified atom stereocenters. The summed E-state index contributed by atoms with van der Waals surface area (Å²) in [6.07, 6.45) is -3.47. The highest BCUT2D eigenvalue weighted by Gasteiger charge is 2.30. The summed E-state index contributed by atoms with van der Waals surface area (Å²) in [6, 6.07) is 10.5. The van der Waals surface area contributed by atoms with E-state index in [0.717, 1.165) is 12.1 Å². The highest BCUT2D eigenvalue weighted by molar-refractivity contribution is 5.89. The van der Waals surface area contributed by atoms with Gasteiger partial charge in [0, 0.05) is 18.8 Å². The van der Waals surface area contributed by atoms with E-state index in [1.54, 1.807) is 0 Å². The summed E-state index contributed by atoms with van der Waals surface area (Å²) >= 11 is 0. The zero-order chi connectivity index (χ0) is 19.6. The first-order valence-corrected chi connectivity index (χ1v) is 7.68. The van der Waals surface area contributed by atoms with Crippen molar-refractivity contribution in [2.75, 3.05) is 0 Å². The summed E-state index contributed by atoms with van der Waals surface area (Å²) in [4.78, 5) is 16.4. The van der Waals surface area contributed by atoms with Crippen molar-refractivity contribution < 1.29 is 22.3 Å². The zero-order valence-corrected chi connectivity index (χ0v) is 13.9. The third-order valence-corrected chi connectivity index (χ3v) is 3.63. The second kappa shape index (κ2) is 7.10. The van der Waals surface area contributed by atoms with Gasteiger partial charge in [-0.3, -0.25) is 19.6 Å². The summed E-state index contributed by atoms with van der Waals surface area (Å²) in [5, 5.41) is 2.87. The van der Waals surface area contributed by atoms with Crippen LogP contribution >= 0.6 is 0 Å². The lowest BCUT2D eigenvalue weighted by Gasteiger charge is -2.08. The van der Waals surface area contributed by atoms with Crippen LogP contribution in [0.5, 0.6) is 5.75 Å². The Morgan fingerprint density at radius 2 is 1.70 bits per heavy atom. The van der Waals surface area contributed by atoms with Gasteiger partial charge in [-0.25, -0.2) is 4.39 Å². The third-order valence-electron chi connectivity index (χ3n) is 3.63. The topological polar surface area (TPSA) is 59.4 Å². The van der Waals surface area contributed by atoms with Crippen LogP contribution in [0.15, 0.2) is 58.3 Å². The number of aromatic nitrogens is 2. The second-order valence-corrected chi connectivity index (χ2v) is 5.57. The molecule has 0 amide bonds. The average Bonchev–Trinajstić information content (AvgIpc) is 2.88. The molecule has 0 bridgehead atoms. The van der Waals surface area contributed by atoms with E-state index in [4.69, 9.17) is 0 Å². The fourth-order valence-corrected chi connectivity index (χ4v) is 2.40. The number of alkyl halides is 3. The molecule has 0 fully saturated rings. The van der Waals surface area contributed by atoms with Crippen molar-refractivity contribution in [2.24, 2.45) is 12.0 Å². The lowest BCUT2D eigenvalue weighted by molar-refractivity contribution is -0.274. The Morgan fingerprint density at radius 1 is 1.07 bits per heavy atom. The molecule has 1 aromatic heterocycles. The van der Waals surface area contributed by atoms with Crippen LogP contribution in [0.3, 0.4) is 0 Å². The smallest absolute Gasteiger partial charge is 0.406 e. The molecule has 0 saturated carbocycles. The van der Waals surface area contributed by atoms with E-state index in [0.29, 0.717) is 16.9 Å². The number of halogens is 4. The molecule has 3 rings (SSSR count). The number of ether oxygens (including phenoxy) is 1. The van der Waals surface area contributed by atoms with E-state index >= 15 is 0 Å². The van der Waals surface area contributed by atoms with Crippen molar-refractivity contribution in [3.63, 3.8) is 0 Å². The summed E-state index contributed by atoms with van der Waals surface area (Å²) in [5.41, 5.74) is 1.25. The van der Waals surface area contributed by atoms with Gasteiger partial charge in [0.15, 0.2) is 0 Å². The van der Waals surface area contributed by atoms with Crippen molar-refractivity contribution in [3.05, 3.63) is 70.3 Å². The Hall–Kier alpha value is -3.36. The van der Waals surface area contributed by atoms with Gasteiger partial charge < -0.3 is 4.74 Å². The Morgan fingerprint density at radius 3 is 2.30 bits per heavy atom. The summed E-state index contributed by atoms with van der Waals surface area (Å²) < 4.78 is 54.7. The number of rotatable bonds is 4. The number of hydrogen-bond donors (Lipinski definition) is 1. The van der Waals surface area contributed by atoms with Gasteiger partial charge in [0.1, 0.15) is 11.6 Å². The Kier molecular flexibility index (Phi) is 4.85. The van der Waals surface area contributed by atoms with Gasteiger partial charge in [-0.2, -0.15) is 0 Å². The van der Waals surface area contributed by atoms with Crippen LogP contribution in [0.4, 0.5) is 23.2 Å². The number of aromatic amines is 1. The van der Waals surface area contributed by atoms with E-state index in [1.165, 1.54) is 54.3 Å². The Labute approximate surface area is 150 Å². The van der Waals surface area contributed by atoms with Crippen LogP contribution in [-0.2, 0) is 7.05 Å². The van der Waals surface area contributed by atoms with Gasteiger partial charge >= 0.3 is 6.36 Å². The molecule has 0 aliphatic rings. The van der Waals surface area contributed by atoms with Gasteiger partial charge in [0.25, 0.3) is 5.56 Å². The lowest BCUT2D eigenvalue weighted by atomic mass is 10.1. The van der Waals surface area contributed by atoms with Crippen molar-refractivity contribution in [3.8, 4) is 17.0 Å². The molecule has 27 heavy (non-hydrogen) atoms. The number of nitrogens with zero attached hydrogens (tertiary/aromatic N) is 2. The fraction of sp³-hybridized carbons (Fsp3) is 0.111. The van der Waals surface area contributed by atoms with Crippen molar-refractivity contribution in [1.82, 2.24) is 9.78 Å². The Balaban J connectivity index is 1.89. The molecule has 1 N–H and O–H groups in total. The Bertz CT molecular complexity index is 1020. The zero-order valence-electron chi connectivity index (χ0n) is 13.9. The average molecular weight is 379 g/mol. The molecule has 5 nitrogen and oxygen atoms in total. The molecule has 0 aliphatic heterocycles. The van der Waals surface area contributed by atoms with E-state index in [2.05, 4.69) is 14.8 Å². The highest BCUT2D eigenvalue weighted by Crippen LogP contribution is 2.25. The SMILES string of the molecule is Cn1[nH]c(-c2ccc(F)cc2)c(C=Nc2ccc(OC(F)(F)F)cc2)c1=O. The van der Waals surface area contributed by atoms with Gasteiger partial charge in [0.2, 0.25) is 0 Å². The van der Waals surface area contributed by atoms with Crippen molar-refractivity contribution >= 4 is 11.9 Å². The molecule has 0 aliphatic carbocycles. The fourth-order valence-electron chi connectivity index (χ4n) is 2.40. The van der Waals surface area contributed by atoms with E-state index in [9.17, 15) is 22.4 Å². The quantitative estimate of drug-likeness (QED) is 0.546. The second-order valence-electron chi connectivity index (χ2n) is 5.57. The minimum atomic E-state index is -4.77. The van der Waals surface area contributed by atoms with Crippen molar-refractivity contribution in [2.45, 2.75) is 6.36 Å². The number of aliphatic imine (C=N–C) groups is 1. The molecule has 0 radical (unpaired) electrons. The maximum absolute atomic E-state index is 13.1. The first-order valence-electron chi connectivity index (χ1n) is 7.68. The maximum Gasteiger partial charge on any atom is 0.573 e. The van der Waals surface area contributed by atoms with Crippen LogP contribution in [0.25, 0.3) is 11.3 Å².